The standard InChI is InChI=1S/C21H15N/c1-2-7-17(8-3-1)21-13-12-20(15-22-21)19-11-10-16-6-4-5-9-18(16)14-19/h1-15H. The molecule has 3 aromatic carbocycles. The van der Waals surface area contributed by atoms with E-state index in [1.54, 1.807) is 0 Å². The Balaban J connectivity index is 1.73. The lowest BCUT2D eigenvalue weighted by atomic mass is 10.0. The number of benzene rings is 3. The van der Waals surface area contributed by atoms with Gasteiger partial charge >= 0.3 is 0 Å². The fraction of sp³-hybridized carbons (Fsp3) is 0. The molecule has 1 aromatic heterocycles. The van der Waals surface area contributed by atoms with Crippen molar-refractivity contribution >= 4 is 10.8 Å². The third kappa shape index (κ3) is 2.38. The Morgan fingerprint density at radius 3 is 2.00 bits per heavy atom. The lowest BCUT2D eigenvalue weighted by Gasteiger charge is -2.06. The first-order chi connectivity index (χ1) is 10.9. The first-order valence-corrected chi connectivity index (χ1v) is 7.41. The molecular weight excluding hydrogens is 266 g/mol. The number of hydrogen-bond donors (Lipinski definition) is 0. The Bertz CT molecular complexity index is 909. The van der Waals surface area contributed by atoms with Crippen LogP contribution >= 0.6 is 0 Å². The van der Waals surface area contributed by atoms with Crippen LogP contribution in [-0.2, 0) is 0 Å². The monoisotopic (exact) mass is 281 g/mol. The molecule has 0 unspecified atom stereocenters. The normalized spacial score (nSPS) is 10.7. The van der Waals surface area contributed by atoms with Gasteiger partial charge in [0.25, 0.3) is 0 Å². The van der Waals surface area contributed by atoms with Gasteiger partial charge in [-0.1, -0.05) is 72.8 Å². The second-order valence-electron chi connectivity index (χ2n) is 5.36. The summed E-state index contributed by atoms with van der Waals surface area (Å²) < 4.78 is 0. The van der Waals surface area contributed by atoms with Gasteiger partial charge in [0.1, 0.15) is 0 Å². The highest BCUT2D eigenvalue weighted by atomic mass is 14.7. The molecule has 0 saturated carbocycles. The van der Waals surface area contributed by atoms with E-state index in [0.29, 0.717) is 0 Å². The zero-order valence-corrected chi connectivity index (χ0v) is 12.1. The molecule has 0 radical (unpaired) electrons. The van der Waals surface area contributed by atoms with E-state index in [-0.39, 0.29) is 0 Å². The van der Waals surface area contributed by atoms with Crippen molar-refractivity contribution in [2.45, 2.75) is 0 Å². The minimum Gasteiger partial charge on any atom is -0.256 e. The molecule has 0 spiro atoms. The molecule has 0 atom stereocenters. The van der Waals surface area contributed by atoms with Gasteiger partial charge in [-0.15, -0.1) is 0 Å². The first kappa shape index (κ1) is 12.8. The Morgan fingerprint density at radius 1 is 0.500 bits per heavy atom. The molecule has 1 heterocycles. The Morgan fingerprint density at radius 2 is 1.23 bits per heavy atom. The van der Waals surface area contributed by atoms with E-state index in [1.807, 2.05) is 24.4 Å². The van der Waals surface area contributed by atoms with E-state index in [1.165, 1.54) is 16.3 Å². The fourth-order valence-electron chi connectivity index (χ4n) is 2.71. The number of pyridine rings is 1. The summed E-state index contributed by atoms with van der Waals surface area (Å²) in [6, 6.07) is 29.4. The smallest absolute Gasteiger partial charge is 0.0702 e. The number of hydrogen-bond acceptors (Lipinski definition) is 1. The van der Waals surface area contributed by atoms with Crippen LogP contribution in [-0.4, -0.2) is 4.98 Å². The molecule has 0 aliphatic rings. The number of nitrogens with zero attached hydrogens (tertiary/aromatic N) is 1. The molecule has 0 N–H and O–H groups in total. The van der Waals surface area contributed by atoms with Crippen LogP contribution in [0.15, 0.2) is 91.1 Å². The molecule has 0 bridgehead atoms. The van der Waals surface area contributed by atoms with Crippen molar-refractivity contribution in [3.05, 3.63) is 91.1 Å². The summed E-state index contributed by atoms with van der Waals surface area (Å²) in [5, 5.41) is 2.52. The molecule has 0 saturated heterocycles. The van der Waals surface area contributed by atoms with Crippen LogP contribution in [0.2, 0.25) is 0 Å². The number of aromatic nitrogens is 1. The summed E-state index contributed by atoms with van der Waals surface area (Å²) in [5.74, 6) is 0. The molecule has 0 aliphatic carbocycles. The predicted octanol–water partition coefficient (Wildman–Crippen LogP) is 5.57. The Kier molecular flexibility index (Phi) is 3.17. The molecule has 0 fully saturated rings. The van der Waals surface area contributed by atoms with Gasteiger partial charge in [-0.25, -0.2) is 0 Å². The maximum Gasteiger partial charge on any atom is 0.0702 e. The highest BCUT2D eigenvalue weighted by Gasteiger charge is 2.02. The van der Waals surface area contributed by atoms with Gasteiger partial charge in [-0.2, -0.15) is 0 Å². The first-order valence-electron chi connectivity index (χ1n) is 7.41. The summed E-state index contributed by atoms with van der Waals surface area (Å²) in [4.78, 5) is 4.61. The van der Waals surface area contributed by atoms with Crippen molar-refractivity contribution in [2.75, 3.05) is 0 Å². The van der Waals surface area contributed by atoms with Crippen LogP contribution in [0.25, 0.3) is 33.2 Å². The maximum absolute atomic E-state index is 4.61. The number of fused-ring (bicyclic) bond motifs is 1. The topological polar surface area (TPSA) is 12.9 Å². The zero-order chi connectivity index (χ0) is 14.8. The van der Waals surface area contributed by atoms with E-state index in [2.05, 4.69) is 71.7 Å². The van der Waals surface area contributed by atoms with Crippen LogP contribution in [0.5, 0.6) is 0 Å². The average molecular weight is 281 g/mol. The lowest BCUT2D eigenvalue weighted by molar-refractivity contribution is 1.33. The maximum atomic E-state index is 4.61. The zero-order valence-electron chi connectivity index (χ0n) is 12.1. The van der Waals surface area contributed by atoms with Crippen LogP contribution < -0.4 is 0 Å². The Hall–Kier alpha value is -2.93. The lowest BCUT2D eigenvalue weighted by Crippen LogP contribution is -1.85. The molecule has 0 aliphatic heterocycles. The predicted molar refractivity (Wildman–Crippen MR) is 92.6 cm³/mol. The fourth-order valence-corrected chi connectivity index (χ4v) is 2.71. The van der Waals surface area contributed by atoms with E-state index in [0.717, 1.165) is 16.8 Å². The molecule has 0 amide bonds. The van der Waals surface area contributed by atoms with Crippen molar-refractivity contribution in [3.8, 4) is 22.4 Å². The summed E-state index contributed by atoms with van der Waals surface area (Å²) in [6.45, 7) is 0. The van der Waals surface area contributed by atoms with Crippen LogP contribution in [0, 0.1) is 0 Å². The van der Waals surface area contributed by atoms with Gasteiger partial charge in [-0.3, -0.25) is 4.98 Å². The summed E-state index contributed by atoms with van der Waals surface area (Å²) in [7, 11) is 0. The van der Waals surface area contributed by atoms with Crippen LogP contribution in [0.3, 0.4) is 0 Å². The van der Waals surface area contributed by atoms with Gasteiger partial charge < -0.3 is 0 Å². The molecular formula is C21H15N. The minimum atomic E-state index is 1.00. The molecule has 4 rings (SSSR count). The summed E-state index contributed by atoms with van der Waals surface area (Å²) >= 11 is 0. The van der Waals surface area contributed by atoms with Crippen molar-refractivity contribution in [2.24, 2.45) is 0 Å². The van der Waals surface area contributed by atoms with Crippen molar-refractivity contribution in [1.82, 2.24) is 4.98 Å². The van der Waals surface area contributed by atoms with Gasteiger partial charge in [0.2, 0.25) is 0 Å². The largest absolute Gasteiger partial charge is 0.256 e. The van der Waals surface area contributed by atoms with Gasteiger partial charge in [0.05, 0.1) is 5.69 Å². The molecule has 1 nitrogen and oxygen atoms in total. The van der Waals surface area contributed by atoms with Gasteiger partial charge in [0, 0.05) is 17.3 Å². The second kappa shape index (κ2) is 5.45. The van der Waals surface area contributed by atoms with E-state index in [4.69, 9.17) is 0 Å². The minimum absolute atomic E-state index is 1.00. The molecule has 104 valence electrons. The van der Waals surface area contributed by atoms with E-state index >= 15 is 0 Å². The SMILES string of the molecule is c1ccc(-c2ccc(-c3ccc4ccccc4c3)cn2)cc1. The molecule has 1 heteroatoms. The number of rotatable bonds is 2. The second-order valence-corrected chi connectivity index (χ2v) is 5.36. The van der Waals surface area contributed by atoms with E-state index < -0.39 is 0 Å². The Labute approximate surface area is 129 Å². The van der Waals surface area contributed by atoms with Crippen LogP contribution in [0.4, 0.5) is 0 Å². The third-order valence-electron chi connectivity index (χ3n) is 3.92. The van der Waals surface area contributed by atoms with Crippen molar-refractivity contribution in [1.29, 1.82) is 0 Å². The van der Waals surface area contributed by atoms with Gasteiger partial charge in [0.15, 0.2) is 0 Å². The molecule has 4 aromatic rings. The average Bonchev–Trinajstić information content (AvgIpc) is 2.62. The third-order valence-corrected chi connectivity index (χ3v) is 3.92. The van der Waals surface area contributed by atoms with Gasteiger partial charge in [-0.05, 0) is 28.5 Å². The highest BCUT2D eigenvalue weighted by Crippen LogP contribution is 2.25. The summed E-state index contributed by atoms with van der Waals surface area (Å²) in [6.07, 6.45) is 1.95. The highest BCUT2D eigenvalue weighted by molar-refractivity contribution is 5.87. The van der Waals surface area contributed by atoms with Crippen LogP contribution in [0.1, 0.15) is 0 Å². The summed E-state index contributed by atoms with van der Waals surface area (Å²) in [5.41, 5.74) is 4.49. The quantitative estimate of drug-likeness (QED) is 0.468. The molecule has 22 heavy (non-hydrogen) atoms. The van der Waals surface area contributed by atoms with E-state index in [9.17, 15) is 0 Å². The van der Waals surface area contributed by atoms with Crippen molar-refractivity contribution < 1.29 is 0 Å². The van der Waals surface area contributed by atoms with Crippen molar-refractivity contribution in [3.63, 3.8) is 0 Å².